The second kappa shape index (κ2) is 17.1. The van der Waals surface area contributed by atoms with E-state index in [1.807, 2.05) is 0 Å². The first-order chi connectivity index (χ1) is 23.5. The molecule has 4 rings (SSSR count). The Morgan fingerprint density at radius 2 is 1.43 bits per heavy atom. The van der Waals surface area contributed by atoms with Crippen LogP contribution >= 0.6 is 0 Å². The van der Waals surface area contributed by atoms with Crippen LogP contribution in [0, 0.1) is 0 Å². The van der Waals surface area contributed by atoms with Crippen LogP contribution in [0.3, 0.4) is 0 Å². The van der Waals surface area contributed by atoms with Gasteiger partial charge in [-0.1, -0.05) is 12.1 Å². The van der Waals surface area contributed by atoms with E-state index < -0.39 is 47.6 Å². The van der Waals surface area contributed by atoms with E-state index in [1.54, 1.807) is 61.7 Å². The van der Waals surface area contributed by atoms with Gasteiger partial charge in [0.2, 0.25) is 11.8 Å². The molecule has 3 aromatic carbocycles. The molecule has 3 atom stereocenters. The highest BCUT2D eigenvalue weighted by Gasteiger charge is 2.42. The normalized spacial score (nSPS) is 16.7. The summed E-state index contributed by atoms with van der Waals surface area (Å²) in [5.41, 5.74) is 1.70. The van der Waals surface area contributed by atoms with Crippen LogP contribution in [0.1, 0.15) is 24.5 Å². The van der Waals surface area contributed by atoms with Crippen molar-refractivity contribution < 1.29 is 47.3 Å². The fraction of sp³-hybridized carbons (Fsp3) is 0.382. The zero-order chi connectivity index (χ0) is 35.7. The van der Waals surface area contributed by atoms with E-state index in [-0.39, 0.29) is 31.7 Å². The molecule has 1 fully saturated rings. The van der Waals surface area contributed by atoms with Gasteiger partial charge < -0.3 is 33.3 Å². The van der Waals surface area contributed by atoms with Crippen molar-refractivity contribution in [3.63, 3.8) is 0 Å². The second-order valence-electron chi connectivity index (χ2n) is 11.4. The SMILES string of the molecule is COc1ccc(CCN(CC(=O)N2C(CC(=O)N(O)c3ccc(OC)cc3)CN(Cc3cc(OC)cc(OC)c3)C(=O)C2C)S(=O)[O-])cc1. The van der Waals surface area contributed by atoms with Crippen LogP contribution in [-0.2, 0) is 38.6 Å². The molecule has 0 aliphatic carbocycles. The van der Waals surface area contributed by atoms with Crippen LogP contribution in [0.2, 0.25) is 0 Å². The standard InChI is InChI=1S/C34H42N4O10S/c1-23-34(41)35(20-25-16-30(47-4)19-31(17-25)48-5)21-27(18-32(39)38(42)26-8-12-29(46-3)13-9-26)37(23)33(40)22-36(49(43)44)15-14-24-6-10-28(45-2)11-7-24/h6-13,16-17,19,23,27,42H,14-15,18,20-22H2,1-5H3,(H,43,44)/p-1. The zero-order valence-corrected chi connectivity index (χ0v) is 28.9. The highest BCUT2D eigenvalue weighted by atomic mass is 32.2. The third-order valence-corrected chi connectivity index (χ3v) is 9.01. The molecular weight excluding hydrogens is 656 g/mol. The van der Waals surface area contributed by atoms with E-state index in [4.69, 9.17) is 18.9 Å². The summed E-state index contributed by atoms with van der Waals surface area (Å²) < 4.78 is 46.5. The summed E-state index contributed by atoms with van der Waals surface area (Å²) in [6.45, 7) is 1.03. The molecule has 0 radical (unpaired) electrons. The van der Waals surface area contributed by atoms with Crippen molar-refractivity contribution in [3.8, 4) is 23.0 Å². The summed E-state index contributed by atoms with van der Waals surface area (Å²) in [5.74, 6) is 0.425. The van der Waals surface area contributed by atoms with Gasteiger partial charge in [0, 0.05) is 37.0 Å². The molecule has 264 valence electrons. The lowest BCUT2D eigenvalue weighted by molar-refractivity contribution is -0.157. The average molecular weight is 698 g/mol. The largest absolute Gasteiger partial charge is 0.760 e. The molecule has 49 heavy (non-hydrogen) atoms. The van der Waals surface area contributed by atoms with Crippen LogP contribution in [0.4, 0.5) is 5.69 Å². The minimum Gasteiger partial charge on any atom is -0.760 e. The first kappa shape index (κ1) is 37.1. The highest BCUT2D eigenvalue weighted by molar-refractivity contribution is 7.76. The number of carbonyl (C=O) groups excluding carboxylic acids is 3. The second-order valence-corrected chi connectivity index (χ2v) is 12.3. The van der Waals surface area contributed by atoms with Crippen molar-refractivity contribution in [2.24, 2.45) is 0 Å². The Balaban J connectivity index is 1.58. The van der Waals surface area contributed by atoms with Crippen molar-refractivity contribution in [1.82, 2.24) is 14.1 Å². The molecule has 3 amide bonds. The van der Waals surface area contributed by atoms with Crippen LogP contribution in [-0.4, -0.2) is 106 Å². The van der Waals surface area contributed by atoms with Crippen LogP contribution in [0.5, 0.6) is 23.0 Å². The van der Waals surface area contributed by atoms with Gasteiger partial charge in [-0.3, -0.25) is 23.8 Å². The van der Waals surface area contributed by atoms with E-state index in [0.29, 0.717) is 40.0 Å². The number of carbonyl (C=O) groups is 3. The Hall–Kier alpha value is -4.70. The summed E-state index contributed by atoms with van der Waals surface area (Å²) in [7, 11) is 6.05. The van der Waals surface area contributed by atoms with Crippen LogP contribution < -0.4 is 24.0 Å². The number of anilines is 1. The molecule has 0 saturated carbocycles. The molecule has 1 N–H and O–H groups in total. The molecular formula is C34H41N4O10S-. The van der Waals surface area contributed by atoms with E-state index in [1.165, 1.54) is 50.2 Å². The fourth-order valence-electron chi connectivity index (χ4n) is 5.68. The van der Waals surface area contributed by atoms with Gasteiger partial charge in [0.25, 0.3) is 5.91 Å². The van der Waals surface area contributed by atoms with Crippen LogP contribution in [0.25, 0.3) is 0 Å². The van der Waals surface area contributed by atoms with Gasteiger partial charge in [-0.15, -0.1) is 0 Å². The quantitative estimate of drug-likeness (QED) is 0.142. The van der Waals surface area contributed by atoms with Gasteiger partial charge in [-0.05, 0) is 73.0 Å². The number of amides is 3. The number of nitrogens with zero attached hydrogens (tertiary/aromatic N) is 4. The molecule has 1 aliphatic heterocycles. The first-order valence-corrected chi connectivity index (χ1v) is 16.5. The maximum atomic E-state index is 13.9. The zero-order valence-electron chi connectivity index (χ0n) is 28.1. The Labute approximate surface area is 288 Å². The van der Waals surface area contributed by atoms with Gasteiger partial charge in [0.05, 0.1) is 53.1 Å². The Morgan fingerprint density at radius 1 is 0.878 bits per heavy atom. The maximum absolute atomic E-state index is 13.9. The Bertz CT molecular complexity index is 1600. The molecule has 0 bridgehead atoms. The molecule has 3 unspecified atom stereocenters. The minimum atomic E-state index is -2.76. The number of hydrogen-bond acceptors (Lipinski definition) is 10. The predicted molar refractivity (Wildman–Crippen MR) is 179 cm³/mol. The number of benzene rings is 3. The fourth-order valence-corrected chi connectivity index (χ4v) is 6.13. The molecule has 1 saturated heterocycles. The summed E-state index contributed by atoms with van der Waals surface area (Å²) in [6.07, 6.45) is -0.0447. The Morgan fingerprint density at radius 3 is 1.96 bits per heavy atom. The highest BCUT2D eigenvalue weighted by Crippen LogP contribution is 2.28. The van der Waals surface area contributed by atoms with Crippen molar-refractivity contribution in [2.75, 3.05) is 53.1 Å². The molecule has 1 aliphatic rings. The van der Waals surface area contributed by atoms with E-state index in [9.17, 15) is 28.4 Å². The summed E-state index contributed by atoms with van der Waals surface area (Å²) in [6, 6.07) is 16.5. The molecule has 15 heteroatoms. The molecule has 0 aromatic heterocycles. The molecule has 0 spiro atoms. The Kier molecular flexibility index (Phi) is 13.0. The predicted octanol–water partition coefficient (Wildman–Crippen LogP) is 2.80. The van der Waals surface area contributed by atoms with Gasteiger partial charge in [0.1, 0.15) is 29.0 Å². The number of ether oxygens (including phenoxy) is 4. The topological polar surface area (TPSA) is 161 Å². The maximum Gasteiger partial charge on any atom is 0.252 e. The number of methoxy groups -OCH3 is 4. The minimum absolute atomic E-state index is 0.000367. The average Bonchev–Trinajstić information content (AvgIpc) is 3.11. The number of hydrogen-bond donors (Lipinski definition) is 1. The number of piperazine rings is 1. The summed E-state index contributed by atoms with van der Waals surface area (Å²) in [5, 5.41) is 11.3. The van der Waals surface area contributed by atoms with Crippen molar-refractivity contribution >= 4 is 34.7 Å². The van der Waals surface area contributed by atoms with Gasteiger partial charge in [-0.25, -0.2) is 4.31 Å². The van der Waals surface area contributed by atoms with Gasteiger partial charge >= 0.3 is 0 Å². The lowest BCUT2D eigenvalue weighted by Crippen LogP contribution is -2.64. The monoisotopic (exact) mass is 697 g/mol. The molecule has 3 aromatic rings. The lowest BCUT2D eigenvalue weighted by Gasteiger charge is -2.45. The van der Waals surface area contributed by atoms with E-state index in [0.717, 1.165) is 9.87 Å². The van der Waals surface area contributed by atoms with Crippen molar-refractivity contribution in [2.45, 2.75) is 38.4 Å². The third kappa shape index (κ3) is 9.47. The summed E-state index contributed by atoms with van der Waals surface area (Å²) >= 11 is -2.76. The van der Waals surface area contributed by atoms with Crippen molar-refractivity contribution in [1.29, 1.82) is 0 Å². The third-order valence-electron chi connectivity index (χ3n) is 8.28. The number of rotatable bonds is 15. The smallest absolute Gasteiger partial charge is 0.252 e. The van der Waals surface area contributed by atoms with Crippen molar-refractivity contribution in [3.05, 3.63) is 77.9 Å². The van der Waals surface area contributed by atoms with Crippen LogP contribution in [0.15, 0.2) is 66.7 Å². The van der Waals surface area contributed by atoms with Gasteiger partial charge in [-0.2, -0.15) is 5.06 Å². The first-order valence-electron chi connectivity index (χ1n) is 15.4. The summed E-state index contributed by atoms with van der Waals surface area (Å²) in [4.78, 5) is 43.8. The van der Waals surface area contributed by atoms with E-state index in [2.05, 4.69) is 0 Å². The number of hydroxylamine groups is 1. The lowest BCUT2D eigenvalue weighted by atomic mass is 10.0. The van der Waals surface area contributed by atoms with Gasteiger partial charge in [0.15, 0.2) is 0 Å². The molecule has 14 nitrogen and oxygen atoms in total. The van der Waals surface area contributed by atoms with E-state index >= 15 is 0 Å². The molecule has 1 heterocycles.